The molecular weight excluding hydrogens is 238 g/mol. The first kappa shape index (κ1) is 13.8. The lowest BCUT2D eigenvalue weighted by Gasteiger charge is -2.18. The number of likely N-dealkylation sites (N-methyl/N-ethyl adjacent to an activating group) is 1. The van der Waals surface area contributed by atoms with Gasteiger partial charge in [0.05, 0.1) is 6.54 Å². The monoisotopic (exact) mass is 259 g/mol. The molecule has 0 radical (unpaired) electrons. The van der Waals surface area contributed by atoms with E-state index in [9.17, 15) is 4.79 Å². The minimum atomic E-state index is 0.0640. The predicted molar refractivity (Wildman–Crippen MR) is 77.6 cm³/mol. The van der Waals surface area contributed by atoms with E-state index in [-0.39, 0.29) is 5.78 Å². The van der Waals surface area contributed by atoms with Gasteiger partial charge in [-0.1, -0.05) is 38.5 Å². The zero-order valence-corrected chi connectivity index (χ0v) is 11.7. The summed E-state index contributed by atoms with van der Waals surface area (Å²) in [6, 6.07) is 9.56. The topological polar surface area (TPSA) is 33.5 Å². The summed E-state index contributed by atoms with van der Waals surface area (Å²) in [6.45, 7) is 6.55. The van der Waals surface area contributed by atoms with Crippen molar-refractivity contribution in [3.05, 3.63) is 36.1 Å². The molecule has 1 aromatic carbocycles. The molecule has 1 aromatic heterocycles. The summed E-state index contributed by atoms with van der Waals surface area (Å²) in [5, 5.41) is 0.988. The number of benzene rings is 1. The maximum absolute atomic E-state index is 12.2. The summed E-state index contributed by atoms with van der Waals surface area (Å²) >= 11 is 0. The molecule has 0 fully saturated rings. The number of fused-ring (bicyclic) bond motifs is 1. The summed E-state index contributed by atoms with van der Waals surface area (Å²) in [4.78, 5) is 14.4. The molecule has 0 aliphatic carbocycles. The highest BCUT2D eigenvalue weighted by Gasteiger charge is 2.15. The van der Waals surface area contributed by atoms with Crippen LogP contribution < -0.4 is 0 Å². The summed E-state index contributed by atoms with van der Waals surface area (Å²) in [5.74, 6) is 0.533. The number of hydrogen-bond acceptors (Lipinski definition) is 3. The van der Waals surface area contributed by atoms with Gasteiger partial charge in [0.15, 0.2) is 5.76 Å². The van der Waals surface area contributed by atoms with Gasteiger partial charge in [0.1, 0.15) is 5.58 Å². The Morgan fingerprint density at radius 3 is 2.74 bits per heavy atom. The summed E-state index contributed by atoms with van der Waals surface area (Å²) in [5.41, 5.74) is 0.780. The molecule has 2 rings (SSSR count). The first-order chi connectivity index (χ1) is 9.24. The van der Waals surface area contributed by atoms with Crippen molar-refractivity contribution >= 4 is 16.8 Å². The third-order valence-corrected chi connectivity index (χ3v) is 3.34. The van der Waals surface area contributed by atoms with Crippen LogP contribution >= 0.6 is 0 Å². The second kappa shape index (κ2) is 6.53. The van der Waals surface area contributed by atoms with Crippen molar-refractivity contribution in [1.29, 1.82) is 0 Å². The number of nitrogens with zero attached hydrogens (tertiary/aromatic N) is 1. The number of para-hydroxylation sites is 1. The Labute approximate surface area is 114 Å². The number of carbonyl (C=O) groups excluding carboxylic acids is 1. The van der Waals surface area contributed by atoms with E-state index in [4.69, 9.17) is 4.42 Å². The molecule has 0 aliphatic heterocycles. The fraction of sp³-hybridized carbons (Fsp3) is 0.438. The van der Waals surface area contributed by atoms with E-state index in [2.05, 4.69) is 18.7 Å². The minimum Gasteiger partial charge on any atom is -0.453 e. The van der Waals surface area contributed by atoms with Crippen LogP contribution in [0.1, 0.15) is 37.2 Å². The van der Waals surface area contributed by atoms with E-state index in [0.29, 0.717) is 12.3 Å². The van der Waals surface area contributed by atoms with Crippen LogP contribution in [0.5, 0.6) is 0 Å². The Balaban J connectivity index is 2.06. The predicted octanol–water partition coefficient (Wildman–Crippen LogP) is 3.74. The van der Waals surface area contributed by atoms with Gasteiger partial charge < -0.3 is 4.42 Å². The Bertz CT molecular complexity index is 511. The highest BCUT2D eigenvalue weighted by atomic mass is 16.3. The summed E-state index contributed by atoms with van der Waals surface area (Å²) in [6.07, 6.45) is 2.27. The molecule has 0 spiro atoms. The number of carbonyl (C=O) groups is 1. The van der Waals surface area contributed by atoms with E-state index in [0.717, 1.165) is 36.9 Å². The number of hydrogen-bond donors (Lipinski definition) is 0. The van der Waals surface area contributed by atoms with Crippen molar-refractivity contribution in [3.63, 3.8) is 0 Å². The van der Waals surface area contributed by atoms with Crippen LogP contribution in [0.15, 0.2) is 34.7 Å². The molecule has 102 valence electrons. The van der Waals surface area contributed by atoms with Crippen LogP contribution in [0.25, 0.3) is 11.0 Å². The summed E-state index contributed by atoms with van der Waals surface area (Å²) in [7, 11) is 0. The lowest BCUT2D eigenvalue weighted by atomic mass is 10.2. The van der Waals surface area contributed by atoms with Gasteiger partial charge >= 0.3 is 0 Å². The standard InChI is InChI=1S/C16H21NO2/c1-3-5-10-17(4-2)12-14(18)16-11-13-8-6-7-9-15(13)19-16/h6-9,11H,3-5,10,12H2,1-2H3. The lowest BCUT2D eigenvalue weighted by Crippen LogP contribution is -2.30. The van der Waals surface area contributed by atoms with Crippen molar-refractivity contribution in [2.45, 2.75) is 26.7 Å². The van der Waals surface area contributed by atoms with E-state index in [1.54, 1.807) is 0 Å². The smallest absolute Gasteiger partial charge is 0.211 e. The molecule has 0 N–H and O–H groups in total. The average molecular weight is 259 g/mol. The van der Waals surface area contributed by atoms with Crippen LogP contribution in [-0.4, -0.2) is 30.3 Å². The van der Waals surface area contributed by atoms with Gasteiger partial charge in [-0.3, -0.25) is 9.69 Å². The normalized spacial score (nSPS) is 11.3. The molecule has 0 amide bonds. The van der Waals surface area contributed by atoms with Gasteiger partial charge in [-0.2, -0.15) is 0 Å². The molecule has 3 nitrogen and oxygen atoms in total. The Kier molecular flexibility index (Phi) is 4.74. The molecule has 0 bridgehead atoms. The molecule has 0 unspecified atom stereocenters. The SMILES string of the molecule is CCCCN(CC)CC(=O)c1cc2ccccc2o1. The van der Waals surface area contributed by atoms with Crippen LogP contribution in [0, 0.1) is 0 Å². The molecule has 3 heteroatoms. The number of ketones is 1. The number of Topliss-reactive ketones (excluding diaryl/α,β-unsaturated/α-hetero) is 1. The summed E-state index contributed by atoms with van der Waals surface area (Å²) < 4.78 is 5.60. The number of furan rings is 1. The Morgan fingerprint density at radius 2 is 2.05 bits per heavy atom. The zero-order chi connectivity index (χ0) is 13.7. The Morgan fingerprint density at radius 1 is 1.26 bits per heavy atom. The van der Waals surface area contributed by atoms with Crippen molar-refractivity contribution < 1.29 is 9.21 Å². The van der Waals surface area contributed by atoms with Crippen LogP contribution in [0.2, 0.25) is 0 Å². The maximum atomic E-state index is 12.2. The second-order valence-corrected chi connectivity index (χ2v) is 4.79. The van der Waals surface area contributed by atoms with Gasteiger partial charge in [0, 0.05) is 5.39 Å². The van der Waals surface area contributed by atoms with Gasteiger partial charge in [0.2, 0.25) is 5.78 Å². The third kappa shape index (κ3) is 3.44. The van der Waals surface area contributed by atoms with Gasteiger partial charge in [-0.25, -0.2) is 0 Å². The molecule has 0 saturated carbocycles. The second-order valence-electron chi connectivity index (χ2n) is 4.79. The van der Waals surface area contributed by atoms with Crippen LogP contribution in [0.4, 0.5) is 0 Å². The molecular formula is C16H21NO2. The Hall–Kier alpha value is -1.61. The molecule has 2 aromatic rings. The van der Waals surface area contributed by atoms with Gasteiger partial charge in [-0.15, -0.1) is 0 Å². The van der Waals surface area contributed by atoms with Gasteiger partial charge in [0.25, 0.3) is 0 Å². The maximum Gasteiger partial charge on any atom is 0.211 e. The van der Waals surface area contributed by atoms with Gasteiger partial charge in [-0.05, 0) is 31.6 Å². The fourth-order valence-electron chi connectivity index (χ4n) is 2.13. The number of unbranched alkanes of at least 4 members (excludes halogenated alkanes) is 1. The van der Waals surface area contributed by atoms with Crippen LogP contribution in [0.3, 0.4) is 0 Å². The van der Waals surface area contributed by atoms with E-state index >= 15 is 0 Å². The number of rotatable bonds is 7. The average Bonchev–Trinajstić information content (AvgIpc) is 2.87. The highest BCUT2D eigenvalue weighted by molar-refractivity contribution is 5.98. The quantitative estimate of drug-likeness (QED) is 0.710. The first-order valence-electron chi connectivity index (χ1n) is 6.98. The zero-order valence-electron chi connectivity index (χ0n) is 11.7. The third-order valence-electron chi connectivity index (χ3n) is 3.34. The molecule has 0 aliphatic rings. The van der Waals surface area contributed by atoms with Crippen molar-refractivity contribution in [3.8, 4) is 0 Å². The molecule has 1 heterocycles. The molecule has 0 saturated heterocycles. The van der Waals surface area contributed by atoms with Crippen molar-refractivity contribution in [2.24, 2.45) is 0 Å². The van der Waals surface area contributed by atoms with E-state index < -0.39 is 0 Å². The largest absolute Gasteiger partial charge is 0.453 e. The molecule has 19 heavy (non-hydrogen) atoms. The van der Waals surface area contributed by atoms with E-state index in [1.807, 2.05) is 30.3 Å². The fourth-order valence-corrected chi connectivity index (χ4v) is 2.13. The van der Waals surface area contributed by atoms with Crippen molar-refractivity contribution in [1.82, 2.24) is 4.90 Å². The highest BCUT2D eigenvalue weighted by Crippen LogP contribution is 2.19. The van der Waals surface area contributed by atoms with Crippen molar-refractivity contribution in [2.75, 3.05) is 19.6 Å². The minimum absolute atomic E-state index is 0.0640. The molecule has 0 atom stereocenters. The first-order valence-corrected chi connectivity index (χ1v) is 6.98. The van der Waals surface area contributed by atoms with E-state index in [1.165, 1.54) is 0 Å². The lowest BCUT2D eigenvalue weighted by molar-refractivity contribution is 0.0908. The van der Waals surface area contributed by atoms with Crippen LogP contribution in [-0.2, 0) is 0 Å².